The maximum absolute atomic E-state index is 11.8. The topological polar surface area (TPSA) is 90.2 Å². The molecule has 0 aliphatic heterocycles. The first kappa shape index (κ1) is 13.6. The third-order valence-electron chi connectivity index (χ3n) is 2.15. The molecule has 1 aromatic carbocycles. The van der Waals surface area contributed by atoms with Crippen LogP contribution in [0.25, 0.3) is 0 Å². The average Bonchev–Trinajstić information content (AvgIpc) is 2.35. The maximum Gasteiger partial charge on any atom is 0.240 e. The van der Waals surface area contributed by atoms with Gasteiger partial charge in [-0.2, -0.15) is 5.26 Å². The van der Waals surface area contributed by atoms with Crippen LogP contribution in [0.4, 0.5) is 0 Å². The third-order valence-corrected chi connectivity index (χ3v) is 3.61. The van der Waals surface area contributed by atoms with Crippen LogP contribution in [0.5, 0.6) is 0 Å². The van der Waals surface area contributed by atoms with Gasteiger partial charge in [-0.3, -0.25) is 0 Å². The van der Waals surface area contributed by atoms with Crippen molar-refractivity contribution in [2.24, 2.45) is 0 Å². The predicted octanol–water partition coefficient (Wildman–Crippen LogP) is 0.609. The Balaban J connectivity index is 2.73. The van der Waals surface area contributed by atoms with E-state index in [0.29, 0.717) is 18.4 Å². The van der Waals surface area contributed by atoms with Gasteiger partial charge in [0.15, 0.2) is 0 Å². The Labute approximate surface area is 101 Å². The number of benzene rings is 1. The maximum atomic E-state index is 11.8. The van der Waals surface area contributed by atoms with E-state index in [0.717, 1.165) is 0 Å². The number of hydrogen-bond acceptors (Lipinski definition) is 4. The Morgan fingerprint density at radius 3 is 2.76 bits per heavy atom. The minimum Gasteiger partial charge on any atom is -0.396 e. The molecule has 0 radical (unpaired) electrons. The van der Waals surface area contributed by atoms with Crippen LogP contribution in [0.1, 0.15) is 18.4 Å². The summed E-state index contributed by atoms with van der Waals surface area (Å²) < 4.78 is 26.0. The number of hydrogen-bond donors (Lipinski definition) is 2. The fourth-order valence-electron chi connectivity index (χ4n) is 1.26. The van der Waals surface area contributed by atoms with Gasteiger partial charge in [0.1, 0.15) is 0 Å². The van der Waals surface area contributed by atoms with Gasteiger partial charge >= 0.3 is 0 Å². The number of unbranched alkanes of at least 4 members (excludes halogenated alkanes) is 1. The number of sulfonamides is 1. The molecule has 0 spiro atoms. The largest absolute Gasteiger partial charge is 0.396 e. The van der Waals surface area contributed by atoms with Gasteiger partial charge in [0.05, 0.1) is 16.5 Å². The first-order valence-electron chi connectivity index (χ1n) is 5.21. The normalized spacial score (nSPS) is 11.1. The van der Waals surface area contributed by atoms with Crippen molar-refractivity contribution in [3.8, 4) is 6.07 Å². The Morgan fingerprint density at radius 1 is 1.35 bits per heavy atom. The fraction of sp³-hybridized carbons (Fsp3) is 0.364. The third kappa shape index (κ3) is 4.15. The van der Waals surface area contributed by atoms with Crippen molar-refractivity contribution < 1.29 is 13.5 Å². The molecule has 1 rings (SSSR count). The molecule has 0 aliphatic carbocycles. The zero-order valence-corrected chi connectivity index (χ0v) is 10.1. The van der Waals surface area contributed by atoms with Crippen LogP contribution in [0.15, 0.2) is 29.2 Å². The molecule has 1 aromatic rings. The quantitative estimate of drug-likeness (QED) is 0.728. The highest BCUT2D eigenvalue weighted by Gasteiger charge is 2.13. The Hall–Kier alpha value is -1.42. The molecule has 0 atom stereocenters. The minimum absolute atomic E-state index is 0.0473. The number of rotatable bonds is 6. The van der Waals surface area contributed by atoms with E-state index >= 15 is 0 Å². The van der Waals surface area contributed by atoms with E-state index in [9.17, 15) is 8.42 Å². The molecule has 2 N–H and O–H groups in total. The molecule has 5 nitrogen and oxygen atoms in total. The summed E-state index contributed by atoms with van der Waals surface area (Å²) in [4.78, 5) is 0.0838. The van der Waals surface area contributed by atoms with Crippen molar-refractivity contribution in [3.05, 3.63) is 29.8 Å². The monoisotopic (exact) mass is 254 g/mol. The predicted molar refractivity (Wildman–Crippen MR) is 62.7 cm³/mol. The summed E-state index contributed by atoms with van der Waals surface area (Å²) in [6.45, 7) is 0.325. The van der Waals surface area contributed by atoms with Crippen LogP contribution in [0, 0.1) is 11.3 Å². The second-order valence-corrected chi connectivity index (χ2v) is 5.24. The van der Waals surface area contributed by atoms with Crippen molar-refractivity contribution in [2.45, 2.75) is 17.7 Å². The van der Waals surface area contributed by atoms with E-state index in [1.807, 2.05) is 6.07 Å². The van der Waals surface area contributed by atoms with Crippen LogP contribution in [0.2, 0.25) is 0 Å². The van der Waals surface area contributed by atoms with Crippen LogP contribution >= 0.6 is 0 Å². The van der Waals surface area contributed by atoms with Gasteiger partial charge in [-0.05, 0) is 31.0 Å². The van der Waals surface area contributed by atoms with Crippen LogP contribution in [-0.2, 0) is 10.0 Å². The summed E-state index contributed by atoms with van der Waals surface area (Å²) in [5, 5.41) is 17.2. The number of nitriles is 1. The van der Waals surface area contributed by atoms with Gasteiger partial charge in [0.25, 0.3) is 0 Å². The zero-order chi connectivity index (χ0) is 12.7. The molecule has 0 bridgehead atoms. The van der Waals surface area contributed by atoms with Crippen molar-refractivity contribution >= 4 is 10.0 Å². The van der Waals surface area contributed by atoms with Crippen LogP contribution in [-0.4, -0.2) is 26.7 Å². The number of nitrogens with zero attached hydrogens (tertiary/aromatic N) is 1. The number of nitrogens with one attached hydrogen (secondary N) is 1. The molecule has 0 aliphatic rings. The lowest BCUT2D eigenvalue weighted by Gasteiger charge is -2.06. The lowest BCUT2D eigenvalue weighted by atomic mass is 10.2. The number of aliphatic hydroxyl groups excluding tert-OH is 1. The van der Waals surface area contributed by atoms with E-state index in [1.54, 1.807) is 6.07 Å². The summed E-state index contributed by atoms with van der Waals surface area (Å²) in [5.74, 6) is 0. The molecule has 0 amide bonds. The fourth-order valence-corrected chi connectivity index (χ4v) is 2.38. The summed E-state index contributed by atoms with van der Waals surface area (Å²) in [5.41, 5.74) is 0.309. The van der Waals surface area contributed by atoms with Gasteiger partial charge in [-0.15, -0.1) is 0 Å². The zero-order valence-electron chi connectivity index (χ0n) is 9.26. The second-order valence-electron chi connectivity index (χ2n) is 3.47. The van der Waals surface area contributed by atoms with Crippen molar-refractivity contribution in [1.29, 1.82) is 5.26 Å². The Bertz CT molecular complexity index is 506. The minimum atomic E-state index is -3.56. The molecule has 0 aromatic heterocycles. The summed E-state index contributed by atoms with van der Waals surface area (Å²) in [7, 11) is -3.56. The highest BCUT2D eigenvalue weighted by molar-refractivity contribution is 7.89. The summed E-state index contributed by atoms with van der Waals surface area (Å²) in [6.07, 6.45) is 1.13. The van der Waals surface area contributed by atoms with Crippen LogP contribution < -0.4 is 4.72 Å². The average molecular weight is 254 g/mol. The van der Waals surface area contributed by atoms with E-state index in [1.165, 1.54) is 18.2 Å². The van der Waals surface area contributed by atoms with E-state index in [-0.39, 0.29) is 18.0 Å². The van der Waals surface area contributed by atoms with Crippen molar-refractivity contribution in [1.82, 2.24) is 4.72 Å². The highest BCUT2D eigenvalue weighted by atomic mass is 32.2. The first-order valence-corrected chi connectivity index (χ1v) is 6.69. The van der Waals surface area contributed by atoms with E-state index in [4.69, 9.17) is 10.4 Å². The van der Waals surface area contributed by atoms with E-state index < -0.39 is 10.0 Å². The SMILES string of the molecule is N#Cc1cccc(S(=O)(=O)NCCCCO)c1. The lowest BCUT2D eigenvalue weighted by Crippen LogP contribution is -2.25. The summed E-state index contributed by atoms with van der Waals surface area (Å²) >= 11 is 0. The molecule has 0 saturated carbocycles. The molecule has 6 heteroatoms. The lowest BCUT2D eigenvalue weighted by molar-refractivity contribution is 0.285. The second kappa shape index (κ2) is 6.35. The van der Waals surface area contributed by atoms with Gasteiger partial charge in [-0.1, -0.05) is 6.07 Å². The highest BCUT2D eigenvalue weighted by Crippen LogP contribution is 2.10. The molecular formula is C11H14N2O3S. The molecular weight excluding hydrogens is 240 g/mol. The van der Waals surface area contributed by atoms with Gasteiger partial charge < -0.3 is 5.11 Å². The van der Waals surface area contributed by atoms with Crippen molar-refractivity contribution in [2.75, 3.05) is 13.2 Å². The number of aliphatic hydroxyl groups is 1. The summed E-state index contributed by atoms with van der Waals surface area (Å²) in [6, 6.07) is 7.73. The van der Waals surface area contributed by atoms with Gasteiger partial charge in [0.2, 0.25) is 10.0 Å². The molecule has 17 heavy (non-hydrogen) atoms. The Morgan fingerprint density at radius 2 is 2.12 bits per heavy atom. The van der Waals surface area contributed by atoms with Gasteiger partial charge in [-0.25, -0.2) is 13.1 Å². The van der Waals surface area contributed by atoms with E-state index in [2.05, 4.69) is 4.72 Å². The van der Waals surface area contributed by atoms with Crippen LogP contribution in [0.3, 0.4) is 0 Å². The Kier molecular flexibility index (Phi) is 5.10. The molecule has 0 fully saturated rings. The molecule has 0 unspecified atom stereocenters. The standard InChI is InChI=1S/C11H14N2O3S/c12-9-10-4-3-5-11(8-10)17(15,16)13-6-1-2-7-14/h3-5,8,13-14H,1-2,6-7H2. The molecule has 92 valence electrons. The smallest absolute Gasteiger partial charge is 0.240 e. The molecule has 0 saturated heterocycles. The first-order chi connectivity index (χ1) is 8.10. The van der Waals surface area contributed by atoms with Crippen molar-refractivity contribution in [3.63, 3.8) is 0 Å². The van der Waals surface area contributed by atoms with Gasteiger partial charge in [0, 0.05) is 13.2 Å². The molecule has 0 heterocycles.